The van der Waals surface area contributed by atoms with Crippen molar-refractivity contribution in [3.8, 4) is 0 Å². The Bertz CT molecular complexity index is 122. The summed E-state index contributed by atoms with van der Waals surface area (Å²) in [4.78, 5) is 10.1. The van der Waals surface area contributed by atoms with Gasteiger partial charge in [-0.3, -0.25) is 0 Å². The first kappa shape index (κ1) is 13.1. The Labute approximate surface area is 68.7 Å². The number of rotatable bonds is 3. The van der Waals surface area contributed by atoms with E-state index in [1.165, 1.54) is 0 Å². The lowest BCUT2D eigenvalue weighted by Gasteiger charge is -2.14. The number of carbonyl (C=O) groups excluding carboxylic acids is 1. The van der Waals surface area contributed by atoms with E-state index < -0.39 is 14.2 Å². The second-order valence-electron chi connectivity index (χ2n) is 3.48. The van der Waals surface area contributed by atoms with Gasteiger partial charge in [0.1, 0.15) is 0 Å². The maximum absolute atomic E-state index is 10.1. The topological polar surface area (TPSA) is 87.3 Å². The van der Waals surface area contributed by atoms with Crippen molar-refractivity contribution in [1.82, 2.24) is 6.15 Å². The summed E-state index contributed by atoms with van der Waals surface area (Å²) in [5.74, 6) is 0. The van der Waals surface area contributed by atoms with Crippen LogP contribution < -0.4 is 11.9 Å². The lowest BCUT2D eigenvalue weighted by Crippen LogP contribution is -2.24. The molecule has 0 rings (SSSR count). The summed E-state index contributed by atoms with van der Waals surface area (Å²) >= 11 is 0. The van der Waals surface area contributed by atoms with Crippen LogP contribution in [-0.4, -0.2) is 20.8 Å². The summed E-state index contributed by atoms with van der Waals surface area (Å²) in [6, 6.07) is 0.982. The Balaban J connectivity index is 0. The molecule has 0 fully saturated rings. The van der Waals surface area contributed by atoms with Gasteiger partial charge in [-0.15, -0.1) is 0 Å². The second kappa shape index (κ2) is 5.14. The molecule has 1 amide bonds. The SMILES string of the molecule is C[Si](C)(C)CCOC(N)=O.N. The van der Waals surface area contributed by atoms with Crippen molar-refractivity contribution >= 4 is 14.2 Å². The molecule has 11 heavy (non-hydrogen) atoms. The smallest absolute Gasteiger partial charge is 0.404 e. The molecule has 4 nitrogen and oxygen atoms in total. The Morgan fingerprint density at radius 1 is 1.45 bits per heavy atom. The largest absolute Gasteiger partial charge is 0.450 e. The molecule has 5 N–H and O–H groups in total. The minimum atomic E-state index is -1.06. The average Bonchev–Trinajstić information content (AvgIpc) is 1.59. The lowest BCUT2D eigenvalue weighted by atomic mass is 10.8. The first-order chi connectivity index (χ1) is 4.42. The monoisotopic (exact) mass is 178 g/mol. The van der Waals surface area contributed by atoms with Gasteiger partial charge in [-0.05, 0) is 6.04 Å². The molecular formula is C6H18N2O2Si. The number of primary amides is 1. The van der Waals surface area contributed by atoms with Crippen molar-refractivity contribution in [2.45, 2.75) is 25.7 Å². The van der Waals surface area contributed by atoms with Crippen LogP contribution in [0, 0.1) is 0 Å². The second-order valence-corrected chi connectivity index (χ2v) is 9.10. The van der Waals surface area contributed by atoms with Crippen molar-refractivity contribution in [2.24, 2.45) is 5.73 Å². The predicted molar refractivity (Wildman–Crippen MR) is 48.7 cm³/mol. The van der Waals surface area contributed by atoms with E-state index in [-0.39, 0.29) is 6.15 Å². The third kappa shape index (κ3) is 12.6. The van der Waals surface area contributed by atoms with Crippen molar-refractivity contribution < 1.29 is 9.53 Å². The molecule has 0 aliphatic heterocycles. The van der Waals surface area contributed by atoms with Gasteiger partial charge in [0, 0.05) is 8.07 Å². The average molecular weight is 178 g/mol. The van der Waals surface area contributed by atoms with E-state index >= 15 is 0 Å². The van der Waals surface area contributed by atoms with Crippen molar-refractivity contribution in [3.63, 3.8) is 0 Å². The van der Waals surface area contributed by atoms with Crippen molar-refractivity contribution in [2.75, 3.05) is 6.61 Å². The van der Waals surface area contributed by atoms with Gasteiger partial charge in [-0.1, -0.05) is 19.6 Å². The molecule has 0 aromatic rings. The molecule has 0 saturated heterocycles. The maximum Gasteiger partial charge on any atom is 0.404 e. The molecule has 0 aliphatic carbocycles. The fourth-order valence-corrected chi connectivity index (χ4v) is 1.17. The molecule has 0 radical (unpaired) electrons. The molecule has 0 bridgehead atoms. The van der Waals surface area contributed by atoms with E-state index in [9.17, 15) is 4.79 Å². The Hall–Kier alpha value is -0.553. The van der Waals surface area contributed by atoms with Gasteiger partial charge in [-0.2, -0.15) is 0 Å². The molecule has 68 valence electrons. The molecule has 0 aromatic heterocycles. The third-order valence-corrected chi connectivity index (χ3v) is 2.80. The van der Waals surface area contributed by atoms with E-state index in [1.807, 2.05) is 0 Å². The Morgan fingerprint density at radius 2 is 1.91 bits per heavy atom. The molecule has 0 atom stereocenters. The van der Waals surface area contributed by atoms with Gasteiger partial charge in [0.05, 0.1) is 6.61 Å². The summed E-state index contributed by atoms with van der Waals surface area (Å²) < 4.78 is 4.59. The zero-order valence-electron chi connectivity index (χ0n) is 7.52. The molecule has 0 aliphatic rings. The standard InChI is InChI=1S/C6H15NO2Si.H3N/c1-10(2,3)5-4-9-6(7)8;/h4-5H2,1-3H3,(H2,7,8);1H3. The van der Waals surface area contributed by atoms with Gasteiger partial charge in [-0.25, -0.2) is 4.79 Å². The van der Waals surface area contributed by atoms with Crippen LogP contribution in [0.4, 0.5) is 4.79 Å². The first-order valence-corrected chi connectivity index (χ1v) is 7.05. The normalized spacial score (nSPS) is 10.1. The van der Waals surface area contributed by atoms with E-state index in [2.05, 4.69) is 24.4 Å². The van der Waals surface area contributed by atoms with E-state index in [1.54, 1.807) is 0 Å². The highest BCUT2D eigenvalue weighted by Gasteiger charge is 2.12. The van der Waals surface area contributed by atoms with Crippen LogP contribution in [0.25, 0.3) is 0 Å². The predicted octanol–water partition coefficient (Wildman–Crippen LogP) is 1.58. The molecule has 0 spiro atoms. The van der Waals surface area contributed by atoms with Crippen molar-refractivity contribution in [1.29, 1.82) is 0 Å². The summed E-state index contributed by atoms with van der Waals surface area (Å²) in [7, 11) is -1.06. The summed E-state index contributed by atoms with van der Waals surface area (Å²) in [6.45, 7) is 7.14. The summed E-state index contributed by atoms with van der Waals surface area (Å²) in [5, 5.41) is 0. The highest BCUT2D eigenvalue weighted by Crippen LogP contribution is 2.06. The van der Waals surface area contributed by atoms with Gasteiger partial charge in [0.25, 0.3) is 0 Å². The Kier molecular flexibility index (Phi) is 6.11. The van der Waals surface area contributed by atoms with Crippen LogP contribution in [-0.2, 0) is 4.74 Å². The minimum absolute atomic E-state index is 0. The quantitative estimate of drug-likeness (QED) is 0.643. The van der Waals surface area contributed by atoms with Gasteiger partial charge in [0.2, 0.25) is 0 Å². The fourth-order valence-electron chi connectivity index (χ4n) is 0.458. The lowest BCUT2D eigenvalue weighted by molar-refractivity contribution is 0.162. The van der Waals surface area contributed by atoms with Crippen LogP contribution in [0.15, 0.2) is 0 Å². The zero-order valence-corrected chi connectivity index (χ0v) is 8.52. The molecule has 0 saturated carbocycles. The summed E-state index contributed by atoms with van der Waals surface area (Å²) in [5.41, 5.74) is 4.78. The minimum Gasteiger partial charge on any atom is -0.450 e. The third-order valence-electron chi connectivity index (χ3n) is 1.10. The number of hydrogen-bond donors (Lipinski definition) is 2. The number of carbonyl (C=O) groups is 1. The number of nitrogens with two attached hydrogens (primary N) is 1. The van der Waals surface area contributed by atoms with Gasteiger partial charge < -0.3 is 16.6 Å². The van der Waals surface area contributed by atoms with Crippen LogP contribution in [0.3, 0.4) is 0 Å². The molecule has 0 aromatic carbocycles. The van der Waals surface area contributed by atoms with E-state index in [0.29, 0.717) is 6.61 Å². The van der Waals surface area contributed by atoms with E-state index in [4.69, 9.17) is 5.73 Å². The van der Waals surface area contributed by atoms with Crippen LogP contribution in [0.5, 0.6) is 0 Å². The molecule has 0 heterocycles. The highest BCUT2D eigenvalue weighted by molar-refractivity contribution is 6.76. The number of amides is 1. The van der Waals surface area contributed by atoms with Gasteiger partial charge in [0.15, 0.2) is 0 Å². The molecule has 5 heteroatoms. The summed E-state index contributed by atoms with van der Waals surface area (Å²) in [6.07, 6.45) is -0.668. The van der Waals surface area contributed by atoms with Crippen LogP contribution in [0.2, 0.25) is 25.7 Å². The van der Waals surface area contributed by atoms with Crippen LogP contribution >= 0.6 is 0 Å². The first-order valence-electron chi connectivity index (χ1n) is 3.34. The zero-order chi connectivity index (χ0) is 8.20. The molecular weight excluding hydrogens is 160 g/mol. The van der Waals surface area contributed by atoms with Gasteiger partial charge >= 0.3 is 6.09 Å². The Morgan fingerprint density at radius 3 is 2.18 bits per heavy atom. The number of hydrogen-bond acceptors (Lipinski definition) is 3. The maximum atomic E-state index is 10.1. The molecule has 0 unspecified atom stereocenters. The number of ether oxygens (including phenoxy) is 1. The van der Waals surface area contributed by atoms with Crippen LogP contribution in [0.1, 0.15) is 0 Å². The van der Waals surface area contributed by atoms with E-state index in [0.717, 1.165) is 6.04 Å². The fraction of sp³-hybridized carbons (Fsp3) is 0.833. The van der Waals surface area contributed by atoms with Crippen molar-refractivity contribution in [3.05, 3.63) is 0 Å². The highest BCUT2D eigenvalue weighted by atomic mass is 28.3.